The molecule has 62 valence electrons. The third-order valence-corrected chi connectivity index (χ3v) is 2.78. The number of nitrogen functional groups attached to an aromatic ring is 1. The van der Waals surface area contributed by atoms with Gasteiger partial charge in [0.15, 0.2) is 0 Å². The molecule has 3 heteroatoms. The van der Waals surface area contributed by atoms with Crippen LogP contribution in [0.25, 0.3) is 0 Å². The zero-order valence-electron chi connectivity index (χ0n) is 6.87. The van der Waals surface area contributed by atoms with Crippen LogP contribution in [-0.4, -0.2) is 12.5 Å². The Kier molecular flexibility index (Phi) is 1.81. The quantitative estimate of drug-likeness (QED) is 0.527. The molecule has 0 aromatic heterocycles. The number of anilines is 1. The lowest BCUT2D eigenvalue weighted by molar-refractivity contribution is 1.10. The molecule has 2 nitrogen and oxygen atoms in total. The summed E-state index contributed by atoms with van der Waals surface area (Å²) >= 11 is 1.68. The summed E-state index contributed by atoms with van der Waals surface area (Å²) < 4.78 is 0. The van der Waals surface area contributed by atoms with Crippen LogP contribution in [0.4, 0.5) is 5.69 Å². The van der Waals surface area contributed by atoms with Crippen molar-refractivity contribution in [1.29, 1.82) is 0 Å². The van der Waals surface area contributed by atoms with E-state index >= 15 is 0 Å². The second-order valence-electron chi connectivity index (χ2n) is 2.76. The standard InChI is InChI=1S/C9H10N2S/c1-12-9-3-7-5-11-4-6(7)2-8(9)10/h2-4H,5,10H2,1H3. The molecule has 0 bridgehead atoms. The highest BCUT2D eigenvalue weighted by Crippen LogP contribution is 2.28. The van der Waals surface area contributed by atoms with Crippen LogP contribution in [0.1, 0.15) is 11.1 Å². The van der Waals surface area contributed by atoms with Crippen LogP contribution in [0.2, 0.25) is 0 Å². The fourth-order valence-electron chi connectivity index (χ4n) is 1.33. The van der Waals surface area contributed by atoms with Gasteiger partial charge in [0, 0.05) is 16.8 Å². The summed E-state index contributed by atoms with van der Waals surface area (Å²) in [5, 5.41) is 0. The molecular weight excluding hydrogens is 168 g/mol. The summed E-state index contributed by atoms with van der Waals surface area (Å²) in [5.41, 5.74) is 9.14. The number of hydrogen-bond acceptors (Lipinski definition) is 3. The maximum absolute atomic E-state index is 5.82. The fraction of sp³-hybridized carbons (Fsp3) is 0.222. The van der Waals surface area contributed by atoms with Gasteiger partial charge >= 0.3 is 0 Å². The van der Waals surface area contributed by atoms with Gasteiger partial charge in [0.25, 0.3) is 0 Å². The monoisotopic (exact) mass is 178 g/mol. The van der Waals surface area contributed by atoms with E-state index in [-0.39, 0.29) is 0 Å². The average Bonchev–Trinajstić information content (AvgIpc) is 2.49. The van der Waals surface area contributed by atoms with Crippen LogP contribution in [0.3, 0.4) is 0 Å². The van der Waals surface area contributed by atoms with E-state index in [4.69, 9.17) is 5.73 Å². The number of nitrogens with two attached hydrogens (primary N) is 1. The maximum Gasteiger partial charge on any atom is 0.0646 e. The molecule has 0 fully saturated rings. The molecule has 12 heavy (non-hydrogen) atoms. The molecule has 1 aromatic carbocycles. The first kappa shape index (κ1) is 7.68. The number of nitrogens with zero attached hydrogens (tertiary/aromatic N) is 1. The van der Waals surface area contributed by atoms with Crippen molar-refractivity contribution in [3.8, 4) is 0 Å². The Labute approximate surface area is 75.9 Å². The Morgan fingerprint density at radius 2 is 2.33 bits per heavy atom. The molecule has 0 amide bonds. The molecule has 0 unspecified atom stereocenters. The largest absolute Gasteiger partial charge is 0.398 e. The second kappa shape index (κ2) is 2.83. The molecule has 0 aliphatic carbocycles. The van der Waals surface area contributed by atoms with Crippen molar-refractivity contribution in [3.05, 3.63) is 23.3 Å². The van der Waals surface area contributed by atoms with Crippen molar-refractivity contribution >= 4 is 23.7 Å². The van der Waals surface area contributed by atoms with Gasteiger partial charge in [0.05, 0.1) is 6.54 Å². The van der Waals surface area contributed by atoms with Crippen molar-refractivity contribution in [2.45, 2.75) is 11.4 Å². The first-order valence-electron chi connectivity index (χ1n) is 3.77. The number of thioether (sulfide) groups is 1. The zero-order valence-corrected chi connectivity index (χ0v) is 7.69. The predicted molar refractivity (Wildman–Crippen MR) is 53.9 cm³/mol. The summed E-state index contributed by atoms with van der Waals surface area (Å²) in [7, 11) is 0. The first-order chi connectivity index (χ1) is 5.81. The average molecular weight is 178 g/mol. The van der Waals surface area contributed by atoms with Crippen molar-refractivity contribution < 1.29 is 0 Å². The molecule has 2 N–H and O–H groups in total. The SMILES string of the molecule is CSc1cc2c(cc1N)C=NC2. The van der Waals surface area contributed by atoms with E-state index in [1.54, 1.807) is 11.8 Å². The smallest absolute Gasteiger partial charge is 0.0646 e. The maximum atomic E-state index is 5.82. The highest BCUT2D eigenvalue weighted by atomic mass is 32.2. The minimum absolute atomic E-state index is 0.809. The molecule has 0 saturated carbocycles. The molecule has 0 atom stereocenters. The van der Waals surface area contributed by atoms with Gasteiger partial charge in [0.1, 0.15) is 0 Å². The Morgan fingerprint density at radius 1 is 1.50 bits per heavy atom. The van der Waals surface area contributed by atoms with Crippen LogP contribution >= 0.6 is 11.8 Å². The molecule has 1 aliphatic rings. The van der Waals surface area contributed by atoms with Gasteiger partial charge in [0.2, 0.25) is 0 Å². The Balaban J connectivity index is 2.54. The first-order valence-corrected chi connectivity index (χ1v) is 5.00. The van der Waals surface area contributed by atoms with E-state index in [1.165, 1.54) is 11.1 Å². The highest BCUT2D eigenvalue weighted by Gasteiger charge is 2.08. The number of hydrogen-bond donors (Lipinski definition) is 1. The van der Waals surface area contributed by atoms with Crippen molar-refractivity contribution in [1.82, 2.24) is 0 Å². The summed E-state index contributed by atoms with van der Waals surface area (Å²) in [4.78, 5) is 5.33. The van der Waals surface area contributed by atoms with Crippen LogP contribution in [-0.2, 0) is 6.54 Å². The predicted octanol–water partition coefficient (Wildman–Crippen LogP) is 1.92. The van der Waals surface area contributed by atoms with Gasteiger partial charge in [-0.05, 0) is 29.5 Å². The fourth-order valence-corrected chi connectivity index (χ4v) is 1.89. The minimum Gasteiger partial charge on any atom is -0.398 e. The van der Waals surface area contributed by atoms with Gasteiger partial charge in [-0.2, -0.15) is 0 Å². The number of benzene rings is 1. The normalized spacial score (nSPS) is 13.4. The van der Waals surface area contributed by atoms with E-state index in [0.29, 0.717) is 0 Å². The summed E-state index contributed by atoms with van der Waals surface area (Å²) in [6, 6.07) is 4.12. The Morgan fingerprint density at radius 3 is 3.08 bits per heavy atom. The molecule has 0 radical (unpaired) electrons. The molecule has 1 heterocycles. The Hall–Kier alpha value is -0.960. The van der Waals surface area contributed by atoms with E-state index < -0.39 is 0 Å². The summed E-state index contributed by atoms with van der Waals surface area (Å²) in [6.07, 6.45) is 3.92. The van der Waals surface area contributed by atoms with Crippen LogP contribution in [0.5, 0.6) is 0 Å². The van der Waals surface area contributed by atoms with Crippen molar-refractivity contribution in [3.63, 3.8) is 0 Å². The van der Waals surface area contributed by atoms with Gasteiger partial charge in [-0.3, -0.25) is 4.99 Å². The molecule has 1 aromatic rings. The minimum atomic E-state index is 0.809. The molecular formula is C9H10N2S. The number of rotatable bonds is 1. The van der Waals surface area contributed by atoms with E-state index in [9.17, 15) is 0 Å². The lowest BCUT2D eigenvalue weighted by Gasteiger charge is -2.04. The lowest BCUT2D eigenvalue weighted by Crippen LogP contribution is -1.92. The van der Waals surface area contributed by atoms with Gasteiger partial charge < -0.3 is 5.73 Å². The van der Waals surface area contributed by atoms with Crippen LogP contribution in [0.15, 0.2) is 22.0 Å². The third-order valence-electron chi connectivity index (χ3n) is 1.98. The zero-order chi connectivity index (χ0) is 8.55. The highest BCUT2D eigenvalue weighted by molar-refractivity contribution is 7.98. The summed E-state index contributed by atoms with van der Waals surface area (Å²) in [6.45, 7) is 0.809. The molecule has 0 spiro atoms. The van der Waals surface area contributed by atoms with Crippen LogP contribution in [0, 0.1) is 0 Å². The molecule has 0 saturated heterocycles. The summed E-state index contributed by atoms with van der Waals surface area (Å²) in [5.74, 6) is 0. The molecule has 2 rings (SSSR count). The molecule has 1 aliphatic heterocycles. The van der Waals surface area contributed by atoms with E-state index in [2.05, 4.69) is 11.1 Å². The van der Waals surface area contributed by atoms with Crippen molar-refractivity contribution in [2.24, 2.45) is 4.99 Å². The Bertz CT molecular complexity index is 344. The lowest BCUT2D eigenvalue weighted by atomic mass is 10.1. The van der Waals surface area contributed by atoms with Gasteiger partial charge in [-0.15, -0.1) is 11.8 Å². The van der Waals surface area contributed by atoms with Gasteiger partial charge in [-0.25, -0.2) is 0 Å². The topological polar surface area (TPSA) is 38.4 Å². The number of aliphatic imine (C=N–C) groups is 1. The van der Waals surface area contributed by atoms with E-state index in [1.807, 2.05) is 18.5 Å². The van der Waals surface area contributed by atoms with E-state index in [0.717, 1.165) is 17.1 Å². The number of fused-ring (bicyclic) bond motifs is 1. The third kappa shape index (κ3) is 1.10. The second-order valence-corrected chi connectivity index (χ2v) is 3.61. The van der Waals surface area contributed by atoms with Crippen LogP contribution < -0.4 is 5.73 Å². The van der Waals surface area contributed by atoms with Gasteiger partial charge in [-0.1, -0.05) is 0 Å². The van der Waals surface area contributed by atoms with Crippen molar-refractivity contribution in [2.75, 3.05) is 12.0 Å².